The lowest BCUT2D eigenvalue weighted by Crippen LogP contribution is -2.26. The molecule has 2 aromatic heterocycles. The van der Waals surface area contributed by atoms with Crippen LogP contribution in [0.2, 0.25) is 0 Å². The van der Waals surface area contributed by atoms with Gasteiger partial charge in [-0.25, -0.2) is 4.98 Å². The van der Waals surface area contributed by atoms with Crippen molar-refractivity contribution in [1.29, 1.82) is 0 Å². The Bertz CT molecular complexity index is 970. The normalized spacial score (nSPS) is 11.0. The van der Waals surface area contributed by atoms with Crippen molar-refractivity contribution >= 4 is 27.5 Å². The molecule has 3 aromatic rings. The fourth-order valence-electron chi connectivity index (χ4n) is 2.63. The van der Waals surface area contributed by atoms with E-state index in [4.69, 9.17) is 0 Å². The van der Waals surface area contributed by atoms with Gasteiger partial charge in [0, 0.05) is 20.6 Å². The van der Waals surface area contributed by atoms with E-state index >= 15 is 0 Å². The standard InChI is InChI=1S/C18H19N3O2S/c1-11-5-7-13(8-6-11)9-20(3)18(23)15-12(2)14-16(24-15)19-10-21(4)17(14)22/h5-8,10H,9H2,1-4H3. The molecule has 0 radical (unpaired) electrons. The van der Waals surface area contributed by atoms with Gasteiger partial charge in [-0.05, 0) is 25.0 Å². The third kappa shape index (κ3) is 2.85. The maximum Gasteiger partial charge on any atom is 0.264 e. The zero-order chi connectivity index (χ0) is 17.4. The van der Waals surface area contributed by atoms with Crippen LogP contribution in [0.5, 0.6) is 0 Å². The predicted molar refractivity (Wildman–Crippen MR) is 96.6 cm³/mol. The van der Waals surface area contributed by atoms with Gasteiger partial charge in [-0.15, -0.1) is 11.3 Å². The summed E-state index contributed by atoms with van der Waals surface area (Å²) in [7, 11) is 3.44. The third-order valence-corrected chi connectivity index (χ3v) is 5.28. The summed E-state index contributed by atoms with van der Waals surface area (Å²) in [5.74, 6) is -0.0851. The third-order valence-electron chi connectivity index (χ3n) is 4.09. The number of carbonyl (C=O) groups is 1. The first-order valence-electron chi connectivity index (χ1n) is 7.64. The maximum atomic E-state index is 12.8. The summed E-state index contributed by atoms with van der Waals surface area (Å²) in [6, 6.07) is 8.11. The molecule has 5 nitrogen and oxygen atoms in total. The molecule has 0 aliphatic rings. The Morgan fingerprint density at radius 2 is 1.92 bits per heavy atom. The van der Waals surface area contributed by atoms with Crippen LogP contribution in [0.3, 0.4) is 0 Å². The van der Waals surface area contributed by atoms with E-state index < -0.39 is 0 Å². The number of hydrogen-bond acceptors (Lipinski definition) is 4. The summed E-state index contributed by atoms with van der Waals surface area (Å²) in [6.07, 6.45) is 1.49. The Labute approximate surface area is 144 Å². The van der Waals surface area contributed by atoms with Crippen LogP contribution in [0.15, 0.2) is 35.4 Å². The van der Waals surface area contributed by atoms with Gasteiger partial charge in [0.1, 0.15) is 4.83 Å². The van der Waals surface area contributed by atoms with Crippen LogP contribution in [0.1, 0.15) is 26.4 Å². The molecule has 6 heteroatoms. The molecule has 0 spiro atoms. The van der Waals surface area contributed by atoms with Gasteiger partial charge in [0.15, 0.2) is 0 Å². The molecule has 24 heavy (non-hydrogen) atoms. The van der Waals surface area contributed by atoms with E-state index in [2.05, 4.69) is 4.98 Å². The van der Waals surface area contributed by atoms with E-state index in [1.807, 2.05) is 38.1 Å². The maximum absolute atomic E-state index is 12.8. The lowest BCUT2D eigenvalue weighted by molar-refractivity contribution is 0.0789. The SMILES string of the molecule is Cc1ccc(CN(C)C(=O)c2sc3ncn(C)c(=O)c3c2C)cc1. The number of rotatable bonds is 3. The van der Waals surface area contributed by atoms with E-state index in [1.165, 1.54) is 27.8 Å². The molecule has 3 rings (SSSR count). The minimum Gasteiger partial charge on any atom is -0.337 e. The lowest BCUT2D eigenvalue weighted by atomic mass is 10.1. The monoisotopic (exact) mass is 341 g/mol. The van der Waals surface area contributed by atoms with Crippen molar-refractivity contribution in [2.24, 2.45) is 7.05 Å². The summed E-state index contributed by atoms with van der Waals surface area (Å²) in [4.78, 5) is 32.2. The van der Waals surface area contributed by atoms with Gasteiger partial charge in [-0.1, -0.05) is 29.8 Å². The summed E-state index contributed by atoms with van der Waals surface area (Å²) >= 11 is 1.28. The van der Waals surface area contributed by atoms with Gasteiger partial charge in [-0.3, -0.25) is 9.59 Å². The Morgan fingerprint density at radius 3 is 2.58 bits per heavy atom. The van der Waals surface area contributed by atoms with Crippen LogP contribution in [0.4, 0.5) is 0 Å². The minimum absolute atomic E-state index is 0.0851. The first-order chi connectivity index (χ1) is 11.4. The van der Waals surface area contributed by atoms with Gasteiger partial charge in [0.25, 0.3) is 11.5 Å². The van der Waals surface area contributed by atoms with Crippen molar-refractivity contribution in [3.8, 4) is 0 Å². The fraction of sp³-hybridized carbons (Fsp3) is 0.278. The summed E-state index contributed by atoms with van der Waals surface area (Å²) in [5.41, 5.74) is 2.86. The highest BCUT2D eigenvalue weighted by atomic mass is 32.1. The summed E-state index contributed by atoms with van der Waals surface area (Å²) in [5, 5.41) is 0.539. The summed E-state index contributed by atoms with van der Waals surface area (Å²) < 4.78 is 1.44. The highest BCUT2D eigenvalue weighted by Crippen LogP contribution is 2.28. The van der Waals surface area contributed by atoms with Crippen molar-refractivity contribution in [1.82, 2.24) is 14.5 Å². The topological polar surface area (TPSA) is 55.2 Å². The second kappa shape index (κ2) is 6.20. The lowest BCUT2D eigenvalue weighted by Gasteiger charge is -2.17. The number of thiophene rings is 1. The molecular formula is C18H19N3O2S. The Balaban J connectivity index is 1.93. The molecule has 0 atom stereocenters. The average Bonchev–Trinajstić information content (AvgIpc) is 2.90. The zero-order valence-corrected chi connectivity index (χ0v) is 15.0. The Hall–Kier alpha value is -2.47. The van der Waals surface area contributed by atoms with Crippen LogP contribution in [0.25, 0.3) is 10.2 Å². The van der Waals surface area contributed by atoms with E-state index in [9.17, 15) is 9.59 Å². The smallest absolute Gasteiger partial charge is 0.264 e. The van der Waals surface area contributed by atoms with Crippen molar-refractivity contribution in [3.05, 3.63) is 62.5 Å². The van der Waals surface area contributed by atoms with Gasteiger partial charge >= 0.3 is 0 Å². The predicted octanol–water partition coefficient (Wildman–Crippen LogP) is 2.88. The molecule has 0 aliphatic carbocycles. The van der Waals surface area contributed by atoms with E-state index in [0.717, 1.165) is 5.56 Å². The molecule has 1 amide bonds. The first-order valence-corrected chi connectivity index (χ1v) is 8.46. The number of amides is 1. The molecule has 0 aliphatic heterocycles. The van der Waals surface area contributed by atoms with E-state index in [1.54, 1.807) is 19.0 Å². The molecule has 0 saturated carbocycles. The van der Waals surface area contributed by atoms with Crippen LogP contribution < -0.4 is 5.56 Å². The first kappa shape index (κ1) is 16.4. The van der Waals surface area contributed by atoms with Crippen molar-refractivity contribution in [2.75, 3.05) is 7.05 Å². The molecule has 2 heterocycles. The Morgan fingerprint density at radius 1 is 1.25 bits per heavy atom. The number of nitrogens with zero attached hydrogens (tertiary/aromatic N) is 3. The molecule has 0 bridgehead atoms. The largest absolute Gasteiger partial charge is 0.337 e. The highest BCUT2D eigenvalue weighted by Gasteiger charge is 2.21. The van der Waals surface area contributed by atoms with Gasteiger partial charge < -0.3 is 9.47 Å². The van der Waals surface area contributed by atoms with Gasteiger partial charge in [-0.2, -0.15) is 0 Å². The van der Waals surface area contributed by atoms with E-state index in [-0.39, 0.29) is 11.5 Å². The number of fused-ring (bicyclic) bond motifs is 1. The van der Waals surface area contributed by atoms with Crippen LogP contribution in [0, 0.1) is 13.8 Å². The van der Waals surface area contributed by atoms with E-state index in [0.29, 0.717) is 27.2 Å². The summed E-state index contributed by atoms with van der Waals surface area (Å²) in [6.45, 7) is 4.37. The number of hydrogen-bond donors (Lipinski definition) is 0. The minimum atomic E-state index is -0.117. The molecule has 0 fully saturated rings. The number of benzene rings is 1. The van der Waals surface area contributed by atoms with Gasteiger partial charge in [0.05, 0.1) is 16.6 Å². The quantitative estimate of drug-likeness (QED) is 0.736. The molecule has 124 valence electrons. The van der Waals surface area contributed by atoms with Crippen molar-refractivity contribution in [3.63, 3.8) is 0 Å². The fourth-order valence-corrected chi connectivity index (χ4v) is 3.76. The molecule has 0 N–H and O–H groups in total. The Kier molecular flexibility index (Phi) is 4.24. The van der Waals surface area contributed by atoms with Crippen LogP contribution >= 0.6 is 11.3 Å². The second-order valence-corrected chi connectivity index (χ2v) is 7.04. The van der Waals surface area contributed by atoms with Crippen molar-refractivity contribution < 1.29 is 4.79 Å². The zero-order valence-electron chi connectivity index (χ0n) is 14.2. The number of aryl methyl sites for hydroxylation is 3. The molecule has 0 saturated heterocycles. The number of aromatic nitrogens is 2. The highest BCUT2D eigenvalue weighted by molar-refractivity contribution is 7.20. The molecular weight excluding hydrogens is 322 g/mol. The van der Waals surface area contributed by atoms with Crippen molar-refractivity contribution in [2.45, 2.75) is 20.4 Å². The second-order valence-electron chi connectivity index (χ2n) is 6.04. The van der Waals surface area contributed by atoms with Crippen LogP contribution in [-0.4, -0.2) is 27.4 Å². The van der Waals surface area contributed by atoms with Crippen LogP contribution in [-0.2, 0) is 13.6 Å². The number of carbonyl (C=O) groups excluding carboxylic acids is 1. The molecule has 1 aromatic carbocycles. The average molecular weight is 341 g/mol. The molecule has 0 unspecified atom stereocenters. The van der Waals surface area contributed by atoms with Gasteiger partial charge in [0.2, 0.25) is 0 Å².